The van der Waals surface area contributed by atoms with Crippen LogP contribution in [0.3, 0.4) is 0 Å². The molecular weight excluding hydrogens is 468 g/mol. The van der Waals surface area contributed by atoms with Crippen molar-refractivity contribution in [2.45, 2.75) is 54.7 Å². The summed E-state index contributed by atoms with van der Waals surface area (Å²) in [5.41, 5.74) is 1.80. The largest absolute Gasteiger partial charge is 0.365 e. The molecule has 1 aliphatic rings. The van der Waals surface area contributed by atoms with Crippen LogP contribution in [0, 0.1) is 17.2 Å². The monoisotopic (exact) mass is 496 g/mol. The first-order valence-electron chi connectivity index (χ1n) is 12.3. The van der Waals surface area contributed by atoms with E-state index < -0.39 is 5.97 Å². The summed E-state index contributed by atoms with van der Waals surface area (Å²) in [5, 5.41) is 13.0. The quantitative estimate of drug-likeness (QED) is 0.133. The molecular formula is C30H28N2O3S. The number of carbonyl (C=O) groups is 2. The van der Waals surface area contributed by atoms with E-state index in [1.165, 1.54) is 32.1 Å². The Morgan fingerprint density at radius 2 is 1.50 bits per heavy atom. The number of nitriles is 1. The third-order valence-electron chi connectivity index (χ3n) is 6.36. The molecule has 0 atom stereocenters. The van der Waals surface area contributed by atoms with Gasteiger partial charge in [-0.15, -0.1) is 0 Å². The van der Waals surface area contributed by atoms with Crippen molar-refractivity contribution in [3.8, 4) is 6.07 Å². The van der Waals surface area contributed by atoms with Crippen LogP contribution in [0.5, 0.6) is 0 Å². The number of carbonyl (C=O) groups excluding carboxylic acids is 2. The second-order valence-electron chi connectivity index (χ2n) is 8.92. The molecule has 0 saturated heterocycles. The molecule has 0 bridgehead atoms. The van der Waals surface area contributed by atoms with Crippen molar-refractivity contribution in [1.29, 1.82) is 5.26 Å². The maximum Gasteiger partial charge on any atom is 0.365 e. The zero-order valence-corrected chi connectivity index (χ0v) is 20.9. The molecule has 0 amide bonds. The number of hydrogen-bond acceptors (Lipinski definition) is 6. The minimum atomic E-state index is -0.576. The van der Waals surface area contributed by atoms with Crippen LogP contribution in [0.4, 0.5) is 0 Å². The Morgan fingerprint density at radius 1 is 0.861 bits per heavy atom. The number of ketones is 1. The van der Waals surface area contributed by atoms with Crippen LogP contribution in [0.2, 0.25) is 0 Å². The molecule has 6 heteroatoms. The molecule has 4 rings (SSSR count). The second-order valence-corrected chi connectivity index (χ2v) is 10.1. The van der Waals surface area contributed by atoms with E-state index in [-0.39, 0.29) is 11.5 Å². The smallest absolute Gasteiger partial charge is 0.312 e. The fraction of sp³-hybridized carbons (Fsp3) is 0.267. The van der Waals surface area contributed by atoms with E-state index in [0.29, 0.717) is 29.0 Å². The highest BCUT2D eigenvalue weighted by molar-refractivity contribution is 7.99. The van der Waals surface area contributed by atoms with E-state index in [1.54, 1.807) is 60.3 Å². The van der Waals surface area contributed by atoms with Gasteiger partial charge >= 0.3 is 5.97 Å². The van der Waals surface area contributed by atoms with Crippen LogP contribution in [-0.2, 0) is 4.84 Å². The summed E-state index contributed by atoms with van der Waals surface area (Å²) in [4.78, 5) is 32.9. The molecule has 0 N–H and O–H groups in total. The molecule has 0 aromatic heterocycles. The van der Waals surface area contributed by atoms with E-state index >= 15 is 0 Å². The van der Waals surface area contributed by atoms with E-state index in [1.807, 2.05) is 30.3 Å². The number of rotatable bonds is 9. The Labute approximate surface area is 216 Å². The summed E-state index contributed by atoms with van der Waals surface area (Å²) >= 11 is 1.56. The molecule has 36 heavy (non-hydrogen) atoms. The van der Waals surface area contributed by atoms with Crippen molar-refractivity contribution >= 4 is 29.2 Å². The van der Waals surface area contributed by atoms with Gasteiger partial charge in [-0.3, -0.25) is 4.79 Å². The summed E-state index contributed by atoms with van der Waals surface area (Å²) in [6, 6.07) is 25.5. The molecule has 0 heterocycles. The van der Waals surface area contributed by atoms with E-state index in [4.69, 9.17) is 10.1 Å². The highest BCUT2D eigenvalue weighted by atomic mass is 32.2. The molecule has 0 unspecified atom stereocenters. The van der Waals surface area contributed by atoms with E-state index in [2.05, 4.69) is 11.2 Å². The van der Waals surface area contributed by atoms with E-state index in [0.717, 1.165) is 16.2 Å². The number of benzene rings is 3. The highest BCUT2D eigenvalue weighted by Crippen LogP contribution is 2.29. The van der Waals surface area contributed by atoms with Crippen LogP contribution in [-0.4, -0.2) is 17.5 Å². The minimum absolute atomic E-state index is 0.221. The molecule has 5 nitrogen and oxygen atoms in total. The molecule has 1 fully saturated rings. The first-order chi connectivity index (χ1) is 17.6. The zero-order valence-electron chi connectivity index (χ0n) is 20.1. The molecule has 1 saturated carbocycles. The number of hydrogen-bond donors (Lipinski definition) is 0. The average molecular weight is 497 g/mol. The Balaban J connectivity index is 1.46. The van der Waals surface area contributed by atoms with Crippen molar-refractivity contribution in [2.24, 2.45) is 11.1 Å². The maximum absolute atomic E-state index is 13.3. The van der Waals surface area contributed by atoms with Gasteiger partial charge in [0.05, 0.1) is 17.2 Å². The number of oxime groups is 1. The van der Waals surface area contributed by atoms with Crippen LogP contribution in [0.1, 0.15) is 71.2 Å². The Hall–Kier alpha value is -3.69. The molecule has 3 aromatic carbocycles. The second kappa shape index (κ2) is 12.9. The summed E-state index contributed by atoms with van der Waals surface area (Å²) in [5.74, 6) is -0.220. The predicted molar refractivity (Wildman–Crippen MR) is 141 cm³/mol. The first kappa shape index (κ1) is 25.4. The van der Waals surface area contributed by atoms with Gasteiger partial charge in [0, 0.05) is 15.4 Å². The number of Topliss-reactive ketones (excluding diaryl/α,β-unsaturated/α-hetero) is 1. The fourth-order valence-electron chi connectivity index (χ4n) is 4.32. The first-order valence-corrected chi connectivity index (χ1v) is 13.1. The van der Waals surface area contributed by atoms with Crippen LogP contribution >= 0.6 is 11.8 Å². The highest BCUT2D eigenvalue weighted by Gasteiger charge is 2.20. The van der Waals surface area contributed by atoms with Gasteiger partial charge in [0.2, 0.25) is 5.78 Å². The van der Waals surface area contributed by atoms with Gasteiger partial charge in [0.1, 0.15) is 5.71 Å². The lowest BCUT2D eigenvalue weighted by Gasteiger charge is -2.21. The molecule has 182 valence electrons. The van der Waals surface area contributed by atoms with Gasteiger partial charge in [-0.2, -0.15) is 5.26 Å². The fourth-order valence-corrected chi connectivity index (χ4v) is 5.13. The lowest BCUT2D eigenvalue weighted by Crippen LogP contribution is -2.18. The van der Waals surface area contributed by atoms with Crippen molar-refractivity contribution in [1.82, 2.24) is 0 Å². The predicted octanol–water partition coefficient (Wildman–Crippen LogP) is 7.47. The lowest BCUT2D eigenvalue weighted by molar-refractivity contribution is 0.0514. The standard InChI is InChI=1S/C30H28N2O3S/c31-21-23-11-16-26(17-12-23)36-27-18-14-24(15-19-27)29(33)28(20-13-22-7-3-1-4-8-22)32-35-30(34)25-9-5-2-6-10-25/h2,5-6,9-12,14-19,22H,1,3-4,7-8,13,20H2/b32-28+. The summed E-state index contributed by atoms with van der Waals surface area (Å²) < 4.78 is 0. The Kier molecular flexibility index (Phi) is 9.07. The Morgan fingerprint density at radius 3 is 2.14 bits per heavy atom. The SMILES string of the molecule is N#Cc1ccc(Sc2ccc(C(=O)/C(CCC3CCCCC3)=N/OC(=O)c3ccccc3)cc2)cc1. The molecule has 0 spiro atoms. The maximum atomic E-state index is 13.3. The number of nitrogens with zero attached hydrogens (tertiary/aromatic N) is 2. The van der Waals surface area contributed by atoms with Gasteiger partial charge in [-0.1, -0.05) is 67.2 Å². The third-order valence-corrected chi connectivity index (χ3v) is 7.38. The van der Waals surface area contributed by atoms with Crippen LogP contribution in [0.25, 0.3) is 0 Å². The van der Waals surface area contributed by atoms with Crippen LogP contribution in [0.15, 0.2) is 93.8 Å². The van der Waals surface area contributed by atoms with Gasteiger partial charge < -0.3 is 4.84 Å². The van der Waals surface area contributed by atoms with Gasteiger partial charge in [0.25, 0.3) is 0 Å². The van der Waals surface area contributed by atoms with Crippen molar-refractivity contribution < 1.29 is 14.4 Å². The summed E-state index contributed by atoms with van der Waals surface area (Å²) in [7, 11) is 0. The molecule has 0 aliphatic heterocycles. The normalized spacial score (nSPS) is 14.1. The van der Waals surface area contributed by atoms with E-state index in [9.17, 15) is 9.59 Å². The lowest BCUT2D eigenvalue weighted by atomic mass is 9.85. The van der Waals surface area contributed by atoms with Crippen molar-refractivity contribution in [2.75, 3.05) is 0 Å². The topological polar surface area (TPSA) is 79.5 Å². The van der Waals surface area contributed by atoms with Gasteiger partial charge in [-0.05, 0) is 79.4 Å². The summed E-state index contributed by atoms with van der Waals surface area (Å²) in [6.45, 7) is 0. The van der Waals surface area contributed by atoms with Crippen molar-refractivity contribution in [3.05, 3.63) is 95.6 Å². The molecule has 3 aromatic rings. The van der Waals surface area contributed by atoms with Gasteiger partial charge in [-0.25, -0.2) is 4.79 Å². The third kappa shape index (κ3) is 7.16. The Bertz CT molecular complexity index is 1240. The zero-order chi connectivity index (χ0) is 25.2. The minimum Gasteiger partial charge on any atom is -0.312 e. The van der Waals surface area contributed by atoms with Gasteiger partial charge in [0.15, 0.2) is 0 Å². The average Bonchev–Trinajstić information content (AvgIpc) is 2.94. The molecule has 1 aliphatic carbocycles. The summed E-state index contributed by atoms with van der Waals surface area (Å²) in [6.07, 6.45) is 7.42. The molecule has 0 radical (unpaired) electrons. The van der Waals surface area contributed by atoms with Crippen molar-refractivity contribution in [3.63, 3.8) is 0 Å². The van der Waals surface area contributed by atoms with Crippen LogP contribution < -0.4 is 0 Å².